The highest BCUT2D eigenvalue weighted by atomic mass is 32.1. The number of hydrogen-bond acceptors (Lipinski definition) is 3. The van der Waals surface area contributed by atoms with Crippen LogP contribution in [0.2, 0.25) is 0 Å². The SMILES string of the molecule is CC(NC1CCCC(N)C1)c1ccsc1. The average molecular weight is 224 g/mol. The van der Waals surface area contributed by atoms with Crippen molar-refractivity contribution in [1.82, 2.24) is 5.32 Å². The van der Waals surface area contributed by atoms with Crippen LogP contribution in [0.15, 0.2) is 16.8 Å². The van der Waals surface area contributed by atoms with Crippen molar-refractivity contribution in [2.45, 2.75) is 50.7 Å². The maximum atomic E-state index is 5.98. The first-order valence-corrected chi connectivity index (χ1v) is 6.73. The van der Waals surface area contributed by atoms with Crippen molar-refractivity contribution < 1.29 is 0 Å². The Bertz CT molecular complexity index is 284. The molecule has 84 valence electrons. The van der Waals surface area contributed by atoms with Gasteiger partial charge >= 0.3 is 0 Å². The molecule has 0 saturated heterocycles. The quantitative estimate of drug-likeness (QED) is 0.828. The second-order valence-corrected chi connectivity index (χ2v) is 5.35. The highest BCUT2D eigenvalue weighted by Crippen LogP contribution is 2.22. The number of nitrogens with two attached hydrogens (primary N) is 1. The van der Waals surface area contributed by atoms with Gasteiger partial charge in [0.05, 0.1) is 0 Å². The molecule has 0 amide bonds. The lowest BCUT2D eigenvalue weighted by atomic mass is 9.91. The van der Waals surface area contributed by atoms with E-state index >= 15 is 0 Å². The molecule has 1 aliphatic rings. The predicted molar refractivity (Wildman–Crippen MR) is 66.1 cm³/mol. The van der Waals surface area contributed by atoms with Crippen LogP contribution in [0.25, 0.3) is 0 Å². The van der Waals surface area contributed by atoms with Crippen LogP contribution >= 0.6 is 11.3 Å². The second kappa shape index (κ2) is 5.10. The topological polar surface area (TPSA) is 38.0 Å². The average Bonchev–Trinajstić information content (AvgIpc) is 2.70. The third-order valence-corrected chi connectivity index (χ3v) is 3.95. The van der Waals surface area contributed by atoms with E-state index in [-0.39, 0.29) is 0 Å². The number of thiophene rings is 1. The van der Waals surface area contributed by atoms with Gasteiger partial charge in [0, 0.05) is 18.1 Å². The molecule has 3 atom stereocenters. The molecule has 1 aliphatic carbocycles. The van der Waals surface area contributed by atoms with Crippen LogP contribution in [0.4, 0.5) is 0 Å². The maximum Gasteiger partial charge on any atom is 0.0302 e. The summed E-state index contributed by atoms with van der Waals surface area (Å²) in [6.07, 6.45) is 4.89. The lowest BCUT2D eigenvalue weighted by Gasteiger charge is -2.29. The Labute approximate surface area is 95.9 Å². The molecule has 0 bridgehead atoms. The molecular weight excluding hydrogens is 204 g/mol. The Morgan fingerprint density at radius 3 is 3.07 bits per heavy atom. The van der Waals surface area contributed by atoms with Gasteiger partial charge in [-0.3, -0.25) is 0 Å². The van der Waals surface area contributed by atoms with Gasteiger partial charge in [-0.25, -0.2) is 0 Å². The van der Waals surface area contributed by atoms with Gasteiger partial charge in [-0.1, -0.05) is 6.42 Å². The van der Waals surface area contributed by atoms with Crippen molar-refractivity contribution >= 4 is 11.3 Å². The third-order valence-electron chi connectivity index (χ3n) is 3.24. The van der Waals surface area contributed by atoms with Gasteiger partial charge in [0.1, 0.15) is 0 Å². The molecule has 3 unspecified atom stereocenters. The van der Waals surface area contributed by atoms with E-state index in [9.17, 15) is 0 Å². The Kier molecular flexibility index (Phi) is 3.78. The van der Waals surface area contributed by atoms with Crippen LogP contribution in [-0.4, -0.2) is 12.1 Å². The van der Waals surface area contributed by atoms with E-state index in [2.05, 4.69) is 29.1 Å². The molecule has 1 fully saturated rings. The molecular formula is C12H20N2S. The summed E-state index contributed by atoms with van der Waals surface area (Å²) in [5.41, 5.74) is 7.38. The van der Waals surface area contributed by atoms with Crippen molar-refractivity contribution in [3.63, 3.8) is 0 Å². The zero-order valence-corrected chi connectivity index (χ0v) is 10.1. The van der Waals surface area contributed by atoms with Gasteiger partial charge < -0.3 is 11.1 Å². The van der Waals surface area contributed by atoms with E-state index in [1.807, 2.05) is 0 Å². The largest absolute Gasteiger partial charge is 0.328 e. The molecule has 2 nitrogen and oxygen atoms in total. The zero-order valence-electron chi connectivity index (χ0n) is 9.28. The summed E-state index contributed by atoms with van der Waals surface area (Å²) in [5.74, 6) is 0. The van der Waals surface area contributed by atoms with Crippen LogP contribution in [0, 0.1) is 0 Å². The van der Waals surface area contributed by atoms with E-state index < -0.39 is 0 Å². The van der Waals surface area contributed by atoms with Gasteiger partial charge in [-0.05, 0) is 48.6 Å². The van der Waals surface area contributed by atoms with Crippen molar-refractivity contribution in [3.05, 3.63) is 22.4 Å². The number of nitrogens with one attached hydrogen (secondary N) is 1. The summed E-state index contributed by atoms with van der Waals surface area (Å²) in [5, 5.41) is 8.04. The van der Waals surface area contributed by atoms with Gasteiger partial charge in [0.2, 0.25) is 0 Å². The maximum absolute atomic E-state index is 5.98. The minimum absolute atomic E-state index is 0.408. The molecule has 3 heteroatoms. The normalized spacial score (nSPS) is 28.9. The van der Waals surface area contributed by atoms with E-state index in [4.69, 9.17) is 5.73 Å². The van der Waals surface area contributed by atoms with Gasteiger partial charge in [0.25, 0.3) is 0 Å². The van der Waals surface area contributed by atoms with Crippen LogP contribution < -0.4 is 11.1 Å². The molecule has 0 radical (unpaired) electrons. The number of hydrogen-bond donors (Lipinski definition) is 2. The van der Waals surface area contributed by atoms with Crippen LogP contribution in [0.5, 0.6) is 0 Å². The highest BCUT2D eigenvalue weighted by molar-refractivity contribution is 7.07. The van der Waals surface area contributed by atoms with E-state index in [1.165, 1.54) is 24.8 Å². The predicted octanol–water partition coefficient (Wildman–Crippen LogP) is 2.67. The Morgan fingerprint density at radius 1 is 1.53 bits per heavy atom. The minimum atomic E-state index is 0.408. The summed E-state index contributed by atoms with van der Waals surface area (Å²) < 4.78 is 0. The fraction of sp³-hybridized carbons (Fsp3) is 0.667. The highest BCUT2D eigenvalue weighted by Gasteiger charge is 2.20. The third kappa shape index (κ3) is 3.03. The zero-order chi connectivity index (χ0) is 10.7. The molecule has 0 spiro atoms. The number of rotatable bonds is 3. The smallest absolute Gasteiger partial charge is 0.0302 e. The summed E-state index contributed by atoms with van der Waals surface area (Å²) in [4.78, 5) is 0. The fourth-order valence-electron chi connectivity index (χ4n) is 2.35. The fourth-order valence-corrected chi connectivity index (χ4v) is 3.10. The summed E-state index contributed by atoms with van der Waals surface area (Å²) in [6.45, 7) is 2.24. The Morgan fingerprint density at radius 2 is 2.40 bits per heavy atom. The first-order chi connectivity index (χ1) is 7.25. The van der Waals surface area contributed by atoms with Crippen molar-refractivity contribution in [3.8, 4) is 0 Å². The summed E-state index contributed by atoms with van der Waals surface area (Å²) in [7, 11) is 0. The molecule has 1 heterocycles. The van der Waals surface area contributed by atoms with Crippen molar-refractivity contribution in [2.24, 2.45) is 5.73 Å². The standard InChI is InChI=1S/C12H20N2S/c1-9(10-5-6-15-8-10)14-12-4-2-3-11(13)7-12/h5-6,8-9,11-12,14H,2-4,7,13H2,1H3. The van der Waals surface area contributed by atoms with Gasteiger partial charge in [-0.15, -0.1) is 0 Å². The Balaban J connectivity index is 1.86. The monoisotopic (exact) mass is 224 g/mol. The Hall–Kier alpha value is -0.380. The molecule has 3 N–H and O–H groups in total. The molecule has 1 aromatic heterocycles. The molecule has 0 aromatic carbocycles. The minimum Gasteiger partial charge on any atom is -0.328 e. The molecule has 1 saturated carbocycles. The van der Waals surface area contributed by atoms with Crippen molar-refractivity contribution in [1.29, 1.82) is 0 Å². The second-order valence-electron chi connectivity index (χ2n) is 4.57. The molecule has 2 rings (SSSR count). The molecule has 15 heavy (non-hydrogen) atoms. The van der Waals surface area contributed by atoms with E-state index in [0.717, 1.165) is 6.42 Å². The van der Waals surface area contributed by atoms with Gasteiger partial charge in [0.15, 0.2) is 0 Å². The van der Waals surface area contributed by atoms with Crippen LogP contribution in [0.3, 0.4) is 0 Å². The first-order valence-electron chi connectivity index (χ1n) is 5.79. The lowest BCUT2D eigenvalue weighted by molar-refractivity contribution is 0.319. The summed E-state index contributed by atoms with van der Waals surface area (Å²) >= 11 is 1.77. The molecule has 1 aromatic rings. The van der Waals surface area contributed by atoms with E-state index in [1.54, 1.807) is 11.3 Å². The van der Waals surface area contributed by atoms with Crippen molar-refractivity contribution in [2.75, 3.05) is 0 Å². The first kappa shape index (κ1) is 11.1. The summed E-state index contributed by atoms with van der Waals surface area (Å²) in [6, 6.07) is 3.69. The van der Waals surface area contributed by atoms with E-state index in [0.29, 0.717) is 18.1 Å². The lowest BCUT2D eigenvalue weighted by Crippen LogP contribution is -2.40. The molecule has 0 aliphatic heterocycles. The van der Waals surface area contributed by atoms with Crippen LogP contribution in [-0.2, 0) is 0 Å². The van der Waals surface area contributed by atoms with Gasteiger partial charge in [-0.2, -0.15) is 11.3 Å². The van der Waals surface area contributed by atoms with Crippen LogP contribution in [0.1, 0.15) is 44.2 Å².